The van der Waals surface area contributed by atoms with Gasteiger partial charge in [0.15, 0.2) is 11.4 Å². The first-order valence-corrected chi connectivity index (χ1v) is 15.1. The Morgan fingerprint density at radius 2 is 1.76 bits per heavy atom. The van der Waals surface area contributed by atoms with Gasteiger partial charge in [0, 0.05) is 47.0 Å². The number of ketones is 2. The van der Waals surface area contributed by atoms with Crippen LogP contribution in [0.4, 0.5) is 10.5 Å². The molecule has 0 aliphatic heterocycles. The molecule has 14 heteroatoms. The SMILES string of the molecule is CN(C)c1cc(CNC(=O)Oc2ccc(I)cc2)c(O)c2c1C[C@H]1C[C@H]3[C@H](N(C)C)C(=O)C(C(N)=O)=C(O)[C@@]3(O)C(=O)C1=C2O. The van der Waals surface area contributed by atoms with Crippen LogP contribution >= 0.6 is 22.6 Å². The number of carbonyl (C=O) groups excluding carboxylic acids is 4. The molecule has 0 radical (unpaired) electrons. The number of anilines is 1. The maximum Gasteiger partial charge on any atom is 0.412 e. The van der Waals surface area contributed by atoms with Crippen LogP contribution in [-0.4, -0.2) is 88.7 Å². The molecule has 2 aromatic carbocycles. The van der Waals surface area contributed by atoms with Crippen molar-refractivity contribution in [2.75, 3.05) is 33.1 Å². The number of aromatic hydroxyl groups is 1. The summed E-state index contributed by atoms with van der Waals surface area (Å²) in [6.07, 6.45) is -0.668. The topological polar surface area (TPSA) is 203 Å². The van der Waals surface area contributed by atoms with Gasteiger partial charge in [-0.25, -0.2) is 4.79 Å². The van der Waals surface area contributed by atoms with Gasteiger partial charge in [-0.15, -0.1) is 0 Å². The first-order chi connectivity index (χ1) is 21.1. The zero-order chi connectivity index (χ0) is 33.1. The quantitative estimate of drug-likeness (QED) is 0.187. The van der Waals surface area contributed by atoms with Crippen molar-refractivity contribution < 1.29 is 44.3 Å². The fourth-order valence-corrected chi connectivity index (χ4v) is 7.05. The summed E-state index contributed by atoms with van der Waals surface area (Å²) >= 11 is 2.12. The van der Waals surface area contributed by atoms with Gasteiger partial charge in [0.1, 0.15) is 28.6 Å². The van der Waals surface area contributed by atoms with Gasteiger partial charge in [-0.1, -0.05) is 0 Å². The lowest BCUT2D eigenvalue weighted by molar-refractivity contribution is -0.153. The highest BCUT2D eigenvalue weighted by Crippen LogP contribution is 2.54. The number of aliphatic hydroxyl groups excluding tert-OH is 2. The van der Waals surface area contributed by atoms with Crippen molar-refractivity contribution in [1.82, 2.24) is 10.2 Å². The highest BCUT2D eigenvalue weighted by Gasteiger charge is 2.64. The van der Waals surface area contributed by atoms with Crippen LogP contribution in [0.2, 0.25) is 0 Å². The largest absolute Gasteiger partial charge is 0.508 e. The smallest absolute Gasteiger partial charge is 0.412 e. The Morgan fingerprint density at radius 3 is 2.33 bits per heavy atom. The van der Waals surface area contributed by atoms with Crippen LogP contribution in [0.5, 0.6) is 11.5 Å². The number of benzene rings is 2. The number of ether oxygens (including phenoxy) is 1. The molecule has 238 valence electrons. The fourth-order valence-electron chi connectivity index (χ4n) is 6.69. The summed E-state index contributed by atoms with van der Waals surface area (Å²) in [5.74, 6) is -6.95. The van der Waals surface area contributed by atoms with Crippen molar-refractivity contribution in [2.24, 2.45) is 17.6 Å². The van der Waals surface area contributed by atoms with E-state index in [-0.39, 0.29) is 36.1 Å². The van der Waals surface area contributed by atoms with E-state index in [1.807, 2.05) is 0 Å². The predicted octanol–water partition coefficient (Wildman–Crippen LogP) is 1.92. The monoisotopic (exact) mass is 732 g/mol. The minimum Gasteiger partial charge on any atom is -0.508 e. The van der Waals surface area contributed by atoms with E-state index >= 15 is 0 Å². The van der Waals surface area contributed by atoms with Gasteiger partial charge in [-0.2, -0.15) is 0 Å². The molecule has 0 saturated heterocycles. The molecule has 3 aliphatic carbocycles. The molecule has 0 bridgehead atoms. The van der Waals surface area contributed by atoms with Crippen LogP contribution in [0.3, 0.4) is 0 Å². The van der Waals surface area contributed by atoms with Gasteiger partial charge in [0.05, 0.1) is 11.6 Å². The number of halogens is 1. The summed E-state index contributed by atoms with van der Waals surface area (Å²) in [6, 6.07) is 7.28. The molecule has 0 heterocycles. The fraction of sp³-hybridized carbons (Fsp3) is 0.355. The van der Waals surface area contributed by atoms with Crippen molar-refractivity contribution in [3.8, 4) is 11.5 Å². The summed E-state index contributed by atoms with van der Waals surface area (Å²) in [7, 11) is 6.60. The molecule has 7 N–H and O–H groups in total. The van der Waals surface area contributed by atoms with Gasteiger partial charge >= 0.3 is 6.09 Å². The van der Waals surface area contributed by atoms with Gasteiger partial charge in [-0.3, -0.25) is 19.3 Å². The second-order valence-corrected chi connectivity index (χ2v) is 13.1. The van der Waals surface area contributed by atoms with Crippen LogP contribution < -0.4 is 20.7 Å². The molecule has 0 spiro atoms. The molecular formula is C31H33IN4O9. The molecular weight excluding hydrogens is 699 g/mol. The summed E-state index contributed by atoms with van der Waals surface area (Å²) in [5.41, 5.74) is 2.75. The molecule has 1 fully saturated rings. The third kappa shape index (κ3) is 5.19. The summed E-state index contributed by atoms with van der Waals surface area (Å²) < 4.78 is 6.25. The van der Waals surface area contributed by atoms with Crippen LogP contribution in [0.25, 0.3) is 5.76 Å². The van der Waals surface area contributed by atoms with E-state index in [2.05, 4.69) is 27.9 Å². The van der Waals surface area contributed by atoms with Gasteiger partial charge in [0.25, 0.3) is 5.91 Å². The first kappa shape index (κ1) is 32.2. The van der Waals surface area contributed by atoms with E-state index < -0.39 is 69.9 Å². The number of amides is 2. The van der Waals surface area contributed by atoms with Crippen LogP contribution in [0.15, 0.2) is 47.2 Å². The minimum atomic E-state index is -2.73. The number of nitrogens with zero attached hydrogens (tertiary/aromatic N) is 2. The molecule has 13 nitrogen and oxygen atoms in total. The first-order valence-electron chi connectivity index (χ1n) is 14.0. The molecule has 1 saturated carbocycles. The average Bonchev–Trinajstić information content (AvgIpc) is 2.95. The maximum atomic E-state index is 14.1. The van der Waals surface area contributed by atoms with Crippen molar-refractivity contribution in [3.63, 3.8) is 0 Å². The molecule has 3 aliphatic rings. The van der Waals surface area contributed by atoms with E-state index in [4.69, 9.17) is 10.5 Å². The summed E-state index contributed by atoms with van der Waals surface area (Å²) in [5, 5.41) is 48.4. The number of phenolic OH excluding ortho intramolecular Hbond substituents is 1. The minimum absolute atomic E-state index is 0.0208. The number of carbonyl (C=O) groups is 4. The van der Waals surface area contributed by atoms with Crippen molar-refractivity contribution in [2.45, 2.75) is 31.0 Å². The Balaban J connectivity index is 1.57. The second-order valence-electron chi connectivity index (χ2n) is 11.8. The number of hydrogen-bond donors (Lipinski definition) is 6. The Kier molecular flexibility index (Phi) is 8.35. The molecule has 0 unspecified atom stereocenters. The zero-order valence-electron chi connectivity index (χ0n) is 24.9. The lowest BCUT2D eigenvalue weighted by Crippen LogP contribution is -2.65. The Bertz CT molecular complexity index is 1700. The van der Waals surface area contributed by atoms with E-state index in [9.17, 15) is 39.6 Å². The summed E-state index contributed by atoms with van der Waals surface area (Å²) in [6.45, 7) is -0.201. The predicted molar refractivity (Wildman–Crippen MR) is 171 cm³/mol. The standard InChI is InChI=1S/C31H33IN4O9/c1-35(2)19-11-14(12-34-30(43)45-16-7-5-15(32)6-8-16)24(37)21-17(19)9-13-10-18-23(36(3)4)26(39)22(29(33)42)28(41)31(18,44)27(40)20(13)25(21)38/h5-8,11,13,18,23,37-38,41,44H,9-10,12H2,1-4H3,(H2,33,42)(H,34,43)/t13-,18-,23-,31-/m0/s1. The number of nitrogens with two attached hydrogens (primary N) is 1. The third-order valence-electron chi connectivity index (χ3n) is 8.71. The molecule has 45 heavy (non-hydrogen) atoms. The molecule has 5 rings (SSSR count). The van der Waals surface area contributed by atoms with E-state index in [1.54, 1.807) is 63.4 Å². The van der Waals surface area contributed by atoms with Crippen molar-refractivity contribution in [1.29, 1.82) is 0 Å². The van der Waals surface area contributed by atoms with E-state index in [0.29, 0.717) is 17.0 Å². The lowest BCUT2D eigenvalue weighted by Gasteiger charge is -2.50. The number of Topliss-reactive ketones (excluding diaryl/α,β-unsaturated/α-hetero) is 2. The number of likely N-dealkylation sites (N-methyl/N-ethyl adjacent to an activating group) is 1. The zero-order valence-corrected chi connectivity index (χ0v) is 27.1. The molecule has 0 aromatic heterocycles. The highest BCUT2D eigenvalue weighted by atomic mass is 127. The average molecular weight is 733 g/mol. The van der Waals surface area contributed by atoms with Gasteiger partial charge in [0.2, 0.25) is 5.78 Å². The highest BCUT2D eigenvalue weighted by molar-refractivity contribution is 14.1. The third-order valence-corrected chi connectivity index (χ3v) is 9.42. The Labute approximate surface area is 272 Å². The molecule has 4 atom stereocenters. The number of nitrogens with one attached hydrogen (secondary N) is 1. The van der Waals surface area contributed by atoms with Gasteiger partial charge < -0.3 is 41.1 Å². The van der Waals surface area contributed by atoms with Crippen LogP contribution in [0.1, 0.15) is 23.1 Å². The number of primary amides is 1. The number of fused-ring (bicyclic) bond motifs is 3. The lowest BCUT2D eigenvalue weighted by atomic mass is 9.57. The number of hydrogen-bond acceptors (Lipinski definition) is 11. The summed E-state index contributed by atoms with van der Waals surface area (Å²) in [4.78, 5) is 55.3. The second kappa shape index (κ2) is 11.7. The molecule has 2 amide bonds. The van der Waals surface area contributed by atoms with E-state index in [0.717, 1.165) is 3.57 Å². The normalized spacial score (nSPS) is 24.2. The maximum absolute atomic E-state index is 14.1. The van der Waals surface area contributed by atoms with E-state index in [1.165, 1.54) is 4.90 Å². The van der Waals surface area contributed by atoms with Crippen molar-refractivity contribution >= 4 is 57.6 Å². The molecule has 2 aromatic rings. The number of phenols is 1. The van der Waals surface area contributed by atoms with Crippen molar-refractivity contribution in [3.05, 3.63) is 67.5 Å². The van der Waals surface area contributed by atoms with Gasteiger partial charge in [-0.05, 0) is 91.3 Å². The Hall–Kier alpha value is -4.15. The Morgan fingerprint density at radius 1 is 1.11 bits per heavy atom. The van der Waals surface area contributed by atoms with Crippen LogP contribution in [-0.2, 0) is 27.3 Å². The number of aliphatic hydroxyl groups is 3. The van der Waals surface area contributed by atoms with Crippen LogP contribution in [0, 0.1) is 15.4 Å². The number of rotatable bonds is 6.